The summed E-state index contributed by atoms with van der Waals surface area (Å²) in [5, 5.41) is 0. The Balaban J connectivity index is 2.05. The van der Waals surface area contributed by atoms with Crippen molar-refractivity contribution in [3.63, 3.8) is 0 Å². The molecule has 1 fully saturated rings. The van der Waals surface area contributed by atoms with Crippen molar-refractivity contribution in [2.75, 3.05) is 0 Å². The van der Waals surface area contributed by atoms with Gasteiger partial charge in [0.05, 0.1) is 6.04 Å². The molecule has 3 heteroatoms. The topological polar surface area (TPSA) is 51.2 Å². The van der Waals surface area contributed by atoms with Crippen molar-refractivity contribution in [2.45, 2.75) is 45.6 Å². The minimum Gasteiger partial charge on any atom is -0.465 e. The summed E-state index contributed by atoms with van der Waals surface area (Å²) in [5.74, 6) is 9.10. The third-order valence-corrected chi connectivity index (χ3v) is 3.78. The highest BCUT2D eigenvalue weighted by Crippen LogP contribution is 2.36. The molecule has 0 spiro atoms. The molecular weight excluding hydrogens is 200 g/mol. The second-order valence-electron chi connectivity index (χ2n) is 5.11. The molecule has 2 rings (SSSR count). The lowest BCUT2D eigenvalue weighted by molar-refractivity contribution is 0.212. The Bertz CT molecular complexity index is 326. The lowest BCUT2D eigenvalue weighted by atomic mass is 9.79. The Hall–Kier alpha value is -0.800. The van der Waals surface area contributed by atoms with Crippen LogP contribution in [0.4, 0.5) is 0 Å². The van der Waals surface area contributed by atoms with Crippen molar-refractivity contribution in [3.05, 3.63) is 23.7 Å². The van der Waals surface area contributed by atoms with Crippen LogP contribution in [0.1, 0.15) is 50.2 Å². The zero-order valence-electron chi connectivity index (χ0n) is 10.2. The van der Waals surface area contributed by atoms with Crippen LogP contribution in [-0.4, -0.2) is 0 Å². The molecule has 16 heavy (non-hydrogen) atoms. The molecular formula is C13H22N2O. The van der Waals surface area contributed by atoms with Crippen molar-refractivity contribution in [1.82, 2.24) is 5.43 Å². The lowest BCUT2D eigenvalue weighted by Gasteiger charge is -2.31. The van der Waals surface area contributed by atoms with E-state index in [1.54, 1.807) is 0 Å². The summed E-state index contributed by atoms with van der Waals surface area (Å²) < 4.78 is 5.67. The van der Waals surface area contributed by atoms with Crippen LogP contribution in [0.25, 0.3) is 0 Å². The van der Waals surface area contributed by atoms with E-state index in [4.69, 9.17) is 10.3 Å². The van der Waals surface area contributed by atoms with Gasteiger partial charge in [0.15, 0.2) is 0 Å². The summed E-state index contributed by atoms with van der Waals surface area (Å²) in [6.07, 6.45) is 5.11. The van der Waals surface area contributed by atoms with Gasteiger partial charge in [0, 0.05) is 0 Å². The minimum absolute atomic E-state index is 0.182. The van der Waals surface area contributed by atoms with Gasteiger partial charge in [-0.1, -0.05) is 19.8 Å². The van der Waals surface area contributed by atoms with Crippen molar-refractivity contribution >= 4 is 0 Å². The standard InChI is InChI=1S/C13H22N2O/c1-9-3-6-11(7-4-9)13(15-14)12-8-5-10(2)16-12/h5,8-9,11,13,15H,3-4,6-7,14H2,1-2H3. The third kappa shape index (κ3) is 2.47. The molecule has 1 atom stereocenters. The number of nitrogens with two attached hydrogens (primary N) is 1. The number of hydrogen-bond acceptors (Lipinski definition) is 3. The smallest absolute Gasteiger partial charge is 0.122 e. The summed E-state index contributed by atoms with van der Waals surface area (Å²) >= 11 is 0. The lowest BCUT2D eigenvalue weighted by Crippen LogP contribution is -2.35. The van der Waals surface area contributed by atoms with Crippen LogP contribution in [0.5, 0.6) is 0 Å². The quantitative estimate of drug-likeness (QED) is 0.610. The van der Waals surface area contributed by atoms with Gasteiger partial charge in [-0.2, -0.15) is 0 Å². The van der Waals surface area contributed by atoms with E-state index in [0.29, 0.717) is 5.92 Å². The normalized spacial score (nSPS) is 27.9. The first kappa shape index (κ1) is 11.7. The molecule has 1 unspecified atom stereocenters. The molecule has 3 N–H and O–H groups in total. The Labute approximate surface area is 97.4 Å². The summed E-state index contributed by atoms with van der Waals surface area (Å²) in [4.78, 5) is 0. The maximum atomic E-state index is 5.67. The fraction of sp³-hybridized carbons (Fsp3) is 0.692. The van der Waals surface area contributed by atoms with Gasteiger partial charge in [0.1, 0.15) is 11.5 Å². The van der Waals surface area contributed by atoms with Gasteiger partial charge < -0.3 is 4.42 Å². The van der Waals surface area contributed by atoms with Gasteiger partial charge in [0.25, 0.3) is 0 Å². The predicted octanol–water partition coefficient (Wildman–Crippen LogP) is 2.92. The first-order valence-corrected chi connectivity index (χ1v) is 6.23. The average molecular weight is 222 g/mol. The van der Waals surface area contributed by atoms with Crippen LogP contribution in [0.15, 0.2) is 16.5 Å². The SMILES string of the molecule is Cc1ccc(C(NN)C2CCC(C)CC2)o1. The Morgan fingerprint density at radius 2 is 2.00 bits per heavy atom. The van der Waals surface area contributed by atoms with Crippen LogP contribution in [0.2, 0.25) is 0 Å². The van der Waals surface area contributed by atoms with Crippen LogP contribution >= 0.6 is 0 Å². The largest absolute Gasteiger partial charge is 0.465 e. The van der Waals surface area contributed by atoms with Gasteiger partial charge in [-0.05, 0) is 43.7 Å². The molecule has 0 radical (unpaired) electrons. The molecule has 0 aromatic carbocycles. The van der Waals surface area contributed by atoms with E-state index < -0.39 is 0 Å². The van der Waals surface area contributed by atoms with Crippen molar-refractivity contribution in [2.24, 2.45) is 17.7 Å². The molecule has 1 aromatic rings. The Morgan fingerprint density at radius 3 is 2.50 bits per heavy atom. The van der Waals surface area contributed by atoms with Crippen molar-refractivity contribution in [3.8, 4) is 0 Å². The Morgan fingerprint density at radius 1 is 1.31 bits per heavy atom. The third-order valence-electron chi connectivity index (χ3n) is 3.78. The zero-order chi connectivity index (χ0) is 11.5. The zero-order valence-corrected chi connectivity index (χ0v) is 10.2. The fourth-order valence-corrected chi connectivity index (χ4v) is 2.69. The summed E-state index contributed by atoms with van der Waals surface area (Å²) in [6, 6.07) is 4.23. The molecule has 1 aromatic heterocycles. The van der Waals surface area contributed by atoms with E-state index >= 15 is 0 Å². The second-order valence-corrected chi connectivity index (χ2v) is 5.11. The molecule has 1 heterocycles. The number of furan rings is 1. The van der Waals surface area contributed by atoms with Crippen molar-refractivity contribution < 1.29 is 4.42 Å². The number of rotatable bonds is 3. The van der Waals surface area contributed by atoms with Gasteiger partial charge in [-0.15, -0.1) is 0 Å². The summed E-state index contributed by atoms with van der Waals surface area (Å²) in [6.45, 7) is 4.30. The minimum atomic E-state index is 0.182. The molecule has 90 valence electrons. The second kappa shape index (κ2) is 5.02. The molecule has 0 saturated heterocycles. The maximum Gasteiger partial charge on any atom is 0.122 e. The highest BCUT2D eigenvalue weighted by molar-refractivity contribution is 5.10. The van der Waals surface area contributed by atoms with Gasteiger partial charge >= 0.3 is 0 Å². The van der Waals surface area contributed by atoms with E-state index in [-0.39, 0.29) is 6.04 Å². The summed E-state index contributed by atoms with van der Waals surface area (Å²) in [7, 11) is 0. The van der Waals surface area contributed by atoms with Crippen LogP contribution < -0.4 is 11.3 Å². The predicted molar refractivity (Wildman–Crippen MR) is 64.6 cm³/mol. The van der Waals surface area contributed by atoms with Crippen molar-refractivity contribution in [1.29, 1.82) is 0 Å². The number of aryl methyl sites for hydroxylation is 1. The van der Waals surface area contributed by atoms with Gasteiger partial charge in [0.2, 0.25) is 0 Å². The van der Waals surface area contributed by atoms with E-state index in [0.717, 1.165) is 17.4 Å². The fourth-order valence-electron chi connectivity index (χ4n) is 2.69. The number of nitrogens with one attached hydrogen (secondary N) is 1. The van der Waals surface area contributed by atoms with Crippen LogP contribution in [-0.2, 0) is 0 Å². The summed E-state index contributed by atoms with van der Waals surface area (Å²) in [5.41, 5.74) is 2.92. The van der Waals surface area contributed by atoms with E-state index in [1.165, 1.54) is 25.7 Å². The highest BCUT2D eigenvalue weighted by Gasteiger charge is 2.28. The van der Waals surface area contributed by atoms with E-state index in [9.17, 15) is 0 Å². The highest BCUT2D eigenvalue weighted by atomic mass is 16.3. The Kier molecular flexibility index (Phi) is 3.66. The van der Waals surface area contributed by atoms with E-state index in [1.807, 2.05) is 19.1 Å². The molecule has 1 aliphatic rings. The van der Waals surface area contributed by atoms with Crippen LogP contribution in [0.3, 0.4) is 0 Å². The molecule has 0 aliphatic heterocycles. The van der Waals surface area contributed by atoms with E-state index in [2.05, 4.69) is 12.3 Å². The maximum absolute atomic E-state index is 5.67. The number of hydrazine groups is 1. The molecule has 0 amide bonds. The molecule has 0 bridgehead atoms. The van der Waals surface area contributed by atoms with Crippen LogP contribution in [0, 0.1) is 18.8 Å². The molecule has 3 nitrogen and oxygen atoms in total. The van der Waals surface area contributed by atoms with Gasteiger partial charge in [-0.3, -0.25) is 5.84 Å². The van der Waals surface area contributed by atoms with Gasteiger partial charge in [-0.25, -0.2) is 5.43 Å². The monoisotopic (exact) mass is 222 g/mol. The number of hydrogen-bond donors (Lipinski definition) is 2. The first-order chi connectivity index (χ1) is 7.70. The first-order valence-electron chi connectivity index (χ1n) is 6.23. The molecule has 1 aliphatic carbocycles. The molecule has 1 saturated carbocycles. The average Bonchev–Trinajstić information content (AvgIpc) is 2.69.